The minimum atomic E-state index is -0.211. The molecule has 1 aromatic rings. The highest BCUT2D eigenvalue weighted by Crippen LogP contribution is 2.26. The van der Waals surface area contributed by atoms with Crippen LogP contribution in [0.15, 0.2) is 16.6 Å². The fourth-order valence-corrected chi connectivity index (χ4v) is 2.15. The maximum absolute atomic E-state index is 11.9. The number of hydrogen-bond acceptors (Lipinski definition) is 3. The lowest BCUT2D eigenvalue weighted by Crippen LogP contribution is -2.36. The number of ether oxygens (including phenoxy) is 1. The number of hydrogen-bond donors (Lipinski definition) is 1. The Balaban J connectivity index is 1.97. The second kappa shape index (κ2) is 5.55. The molecule has 1 unspecified atom stereocenters. The summed E-state index contributed by atoms with van der Waals surface area (Å²) in [7, 11) is 0. The van der Waals surface area contributed by atoms with Gasteiger partial charge in [0, 0.05) is 18.6 Å². The van der Waals surface area contributed by atoms with Gasteiger partial charge in [0.15, 0.2) is 0 Å². The monoisotopic (exact) mass is 332 g/mol. The maximum atomic E-state index is 11.9. The predicted molar refractivity (Wildman–Crippen MR) is 72.8 cm³/mol. The first-order valence-electron chi connectivity index (χ1n) is 5.68. The van der Waals surface area contributed by atoms with E-state index < -0.39 is 0 Å². The van der Waals surface area contributed by atoms with E-state index in [2.05, 4.69) is 33.2 Å². The summed E-state index contributed by atoms with van der Waals surface area (Å²) in [5.74, 6) is -0.211. The third-order valence-corrected chi connectivity index (χ3v) is 4.17. The molecule has 1 aromatic heterocycles. The van der Waals surface area contributed by atoms with Crippen molar-refractivity contribution in [2.75, 3.05) is 19.8 Å². The van der Waals surface area contributed by atoms with Gasteiger partial charge < -0.3 is 10.1 Å². The van der Waals surface area contributed by atoms with Crippen molar-refractivity contribution in [3.63, 3.8) is 0 Å². The number of amides is 1. The number of halogens is 2. The van der Waals surface area contributed by atoms with Crippen LogP contribution in [0, 0.1) is 5.41 Å². The molecule has 1 saturated heterocycles. The molecule has 1 aliphatic rings. The molecule has 2 rings (SSSR count). The molecule has 18 heavy (non-hydrogen) atoms. The van der Waals surface area contributed by atoms with Crippen LogP contribution in [0.4, 0.5) is 0 Å². The van der Waals surface area contributed by atoms with Crippen LogP contribution in [0.3, 0.4) is 0 Å². The van der Waals surface area contributed by atoms with E-state index in [1.165, 1.54) is 0 Å². The highest BCUT2D eigenvalue weighted by molar-refractivity contribution is 9.10. The first kappa shape index (κ1) is 13.8. The van der Waals surface area contributed by atoms with Gasteiger partial charge in [-0.15, -0.1) is 0 Å². The largest absolute Gasteiger partial charge is 0.381 e. The van der Waals surface area contributed by atoms with Gasteiger partial charge in [-0.3, -0.25) is 4.79 Å². The van der Waals surface area contributed by atoms with E-state index in [-0.39, 0.29) is 16.5 Å². The molecule has 0 aliphatic carbocycles. The van der Waals surface area contributed by atoms with E-state index in [0.29, 0.717) is 23.3 Å². The van der Waals surface area contributed by atoms with E-state index in [9.17, 15) is 4.79 Å². The zero-order chi connectivity index (χ0) is 13.2. The Kier molecular flexibility index (Phi) is 4.25. The highest BCUT2D eigenvalue weighted by atomic mass is 79.9. The van der Waals surface area contributed by atoms with Gasteiger partial charge in [-0.25, -0.2) is 4.98 Å². The zero-order valence-electron chi connectivity index (χ0n) is 10.0. The van der Waals surface area contributed by atoms with E-state index in [1.807, 2.05) is 0 Å². The Morgan fingerprint density at radius 1 is 1.67 bits per heavy atom. The standard InChI is InChI=1S/C12H14BrClN2O2/c1-12(4-5-18-7-12)6-15-11(17)9-3-2-8(13)10(14)16-9/h2-3H,4-7H2,1H3,(H,15,17). The van der Waals surface area contributed by atoms with Gasteiger partial charge in [0.25, 0.3) is 5.91 Å². The summed E-state index contributed by atoms with van der Waals surface area (Å²) < 4.78 is 6.02. The molecule has 1 fully saturated rings. The molecule has 4 nitrogen and oxygen atoms in total. The first-order valence-corrected chi connectivity index (χ1v) is 6.85. The number of nitrogens with zero attached hydrogens (tertiary/aromatic N) is 1. The summed E-state index contributed by atoms with van der Waals surface area (Å²) in [5.41, 5.74) is 0.347. The number of carbonyl (C=O) groups excluding carboxylic acids is 1. The molecule has 0 bridgehead atoms. The van der Waals surface area contributed by atoms with Crippen LogP contribution >= 0.6 is 27.5 Å². The van der Waals surface area contributed by atoms with E-state index in [1.54, 1.807) is 12.1 Å². The Labute approximate surface area is 119 Å². The lowest BCUT2D eigenvalue weighted by molar-refractivity contribution is 0.0920. The average Bonchev–Trinajstić information content (AvgIpc) is 2.77. The smallest absolute Gasteiger partial charge is 0.269 e. The highest BCUT2D eigenvalue weighted by Gasteiger charge is 2.30. The maximum Gasteiger partial charge on any atom is 0.269 e. The van der Waals surface area contributed by atoms with E-state index >= 15 is 0 Å². The van der Waals surface area contributed by atoms with Crippen LogP contribution in [0.1, 0.15) is 23.8 Å². The van der Waals surface area contributed by atoms with Crippen LogP contribution in [-0.4, -0.2) is 30.6 Å². The van der Waals surface area contributed by atoms with Gasteiger partial charge in [0.2, 0.25) is 0 Å². The van der Waals surface area contributed by atoms with Crippen LogP contribution in [0.25, 0.3) is 0 Å². The average molecular weight is 334 g/mol. The third-order valence-electron chi connectivity index (χ3n) is 3.01. The molecule has 1 amide bonds. The van der Waals surface area contributed by atoms with Crippen molar-refractivity contribution in [3.8, 4) is 0 Å². The van der Waals surface area contributed by atoms with Crippen molar-refractivity contribution in [2.45, 2.75) is 13.3 Å². The lowest BCUT2D eigenvalue weighted by Gasteiger charge is -2.21. The minimum absolute atomic E-state index is 0.0226. The molecule has 2 heterocycles. The third kappa shape index (κ3) is 3.22. The Bertz CT molecular complexity index is 461. The Hall–Kier alpha value is -0.650. The zero-order valence-corrected chi connectivity index (χ0v) is 12.3. The molecule has 1 N–H and O–H groups in total. The summed E-state index contributed by atoms with van der Waals surface area (Å²) >= 11 is 9.09. The van der Waals surface area contributed by atoms with Gasteiger partial charge >= 0.3 is 0 Å². The van der Waals surface area contributed by atoms with Crippen LogP contribution < -0.4 is 5.32 Å². The molecule has 1 atom stereocenters. The van der Waals surface area contributed by atoms with Gasteiger partial charge in [-0.1, -0.05) is 18.5 Å². The number of carbonyl (C=O) groups is 1. The second-order valence-electron chi connectivity index (χ2n) is 4.77. The van der Waals surface area contributed by atoms with Gasteiger partial charge in [0.05, 0.1) is 11.1 Å². The quantitative estimate of drug-likeness (QED) is 0.865. The van der Waals surface area contributed by atoms with Crippen molar-refractivity contribution in [2.24, 2.45) is 5.41 Å². The fourth-order valence-electron chi connectivity index (χ4n) is 1.78. The second-order valence-corrected chi connectivity index (χ2v) is 5.98. The lowest BCUT2D eigenvalue weighted by atomic mass is 9.90. The number of aromatic nitrogens is 1. The molecule has 0 spiro atoms. The van der Waals surface area contributed by atoms with Crippen molar-refractivity contribution < 1.29 is 9.53 Å². The molecule has 6 heteroatoms. The molecular weight excluding hydrogens is 320 g/mol. The molecular formula is C12H14BrClN2O2. The van der Waals surface area contributed by atoms with Crippen LogP contribution in [0.2, 0.25) is 5.15 Å². The van der Waals surface area contributed by atoms with Crippen molar-refractivity contribution in [1.29, 1.82) is 0 Å². The Morgan fingerprint density at radius 2 is 2.44 bits per heavy atom. The molecule has 0 aromatic carbocycles. The fraction of sp³-hybridized carbons (Fsp3) is 0.500. The van der Waals surface area contributed by atoms with Crippen molar-refractivity contribution in [3.05, 3.63) is 27.5 Å². The molecule has 0 radical (unpaired) electrons. The minimum Gasteiger partial charge on any atom is -0.381 e. The number of pyridine rings is 1. The predicted octanol–water partition coefficient (Wildman–Crippen LogP) is 2.65. The number of nitrogens with one attached hydrogen (secondary N) is 1. The Morgan fingerprint density at radius 3 is 3.06 bits per heavy atom. The summed E-state index contributed by atoms with van der Waals surface area (Å²) in [5, 5.41) is 3.16. The van der Waals surface area contributed by atoms with E-state index in [0.717, 1.165) is 13.0 Å². The summed E-state index contributed by atoms with van der Waals surface area (Å²) in [6, 6.07) is 3.35. The molecule has 98 valence electrons. The SMILES string of the molecule is CC1(CNC(=O)c2ccc(Br)c(Cl)n2)CCOC1. The topological polar surface area (TPSA) is 51.2 Å². The van der Waals surface area contributed by atoms with E-state index in [4.69, 9.17) is 16.3 Å². The normalized spacial score (nSPS) is 23.1. The van der Waals surface area contributed by atoms with Crippen LogP contribution in [-0.2, 0) is 4.74 Å². The van der Waals surface area contributed by atoms with Crippen molar-refractivity contribution in [1.82, 2.24) is 10.3 Å². The van der Waals surface area contributed by atoms with Crippen molar-refractivity contribution >= 4 is 33.4 Å². The molecule has 1 aliphatic heterocycles. The van der Waals surface area contributed by atoms with Gasteiger partial charge in [0.1, 0.15) is 10.8 Å². The van der Waals surface area contributed by atoms with Gasteiger partial charge in [-0.2, -0.15) is 0 Å². The summed E-state index contributed by atoms with van der Waals surface area (Å²) in [6.45, 7) is 4.12. The van der Waals surface area contributed by atoms with Gasteiger partial charge in [-0.05, 0) is 34.5 Å². The first-order chi connectivity index (χ1) is 8.50. The number of rotatable bonds is 3. The van der Waals surface area contributed by atoms with Crippen LogP contribution in [0.5, 0.6) is 0 Å². The summed E-state index contributed by atoms with van der Waals surface area (Å²) in [4.78, 5) is 15.9. The molecule has 0 saturated carbocycles. The summed E-state index contributed by atoms with van der Waals surface area (Å²) in [6.07, 6.45) is 0.960.